The molecule has 2 N–H and O–H groups in total. The molecule has 2 atom stereocenters. The smallest absolute Gasteiger partial charge is 0.328 e. The van der Waals surface area contributed by atoms with Gasteiger partial charge in [0.25, 0.3) is 0 Å². The van der Waals surface area contributed by atoms with Gasteiger partial charge in [-0.15, -0.1) is 0 Å². The minimum Gasteiger partial charge on any atom is -0.497 e. The molecule has 1 aromatic rings. The normalized spacial score (nSPS) is 20.7. The number of amides is 2. The van der Waals surface area contributed by atoms with Crippen molar-refractivity contribution < 1.29 is 32.3 Å². The highest BCUT2D eigenvalue weighted by Crippen LogP contribution is 2.21. The fourth-order valence-corrected chi connectivity index (χ4v) is 5.54. The summed E-state index contributed by atoms with van der Waals surface area (Å²) in [6.07, 6.45) is 2.58. The van der Waals surface area contributed by atoms with Gasteiger partial charge in [-0.25, -0.2) is 13.2 Å². The van der Waals surface area contributed by atoms with Gasteiger partial charge in [0.05, 0.1) is 20.5 Å². The number of carbonyl (C=O) groups excluding carboxylic acids is 3. The molecule has 0 saturated carbocycles. The second-order valence-electron chi connectivity index (χ2n) is 8.83. The predicted octanol–water partition coefficient (Wildman–Crippen LogP) is -0.632. The Morgan fingerprint density at radius 2 is 1.77 bits per heavy atom. The number of piperazine rings is 1. The summed E-state index contributed by atoms with van der Waals surface area (Å²) in [5.41, 5.74) is 0.757. The van der Waals surface area contributed by atoms with E-state index in [1.165, 1.54) is 7.11 Å². The molecule has 0 radical (unpaired) electrons. The van der Waals surface area contributed by atoms with Crippen LogP contribution in [0.25, 0.3) is 0 Å². The van der Waals surface area contributed by atoms with Gasteiger partial charge in [-0.05, 0) is 43.6 Å². The Labute approximate surface area is 206 Å². The summed E-state index contributed by atoms with van der Waals surface area (Å²) in [4.78, 5) is 40.4. The van der Waals surface area contributed by atoms with Crippen LogP contribution in [0.1, 0.15) is 18.4 Å². The second-order valence-corrected chi connectivity index (χ2v) is 10.8. The molecule has 0 bridgehead atoms. The monoisotopic (exact) mass is 510 g/mol. The van der Waals surface area contributed by atoms with Crippen molar-refractivity contribution >= 4 is 27.8 Å². The summed E-state index contributed by atoms with van der Waals surface area (Å²) >= 11 is 0. The Balaban J connectivity index is 1.77. The van der Waals surface area contributed by atoms with Crippen molar-refractivity contribution in [2.24, 2.45) is 5.92 Å². The molecule has 2 saturated heterocycles. The Morgan fingerprint density at radius 3 is 2.34 bits per heavy atom. The molecule has 194 valence electrons. The van der Waals surface area contributed by atoms with Crippen molar-refractivity contribution in [1.29, 1.82) is 0 Å². The van der Waals surface area contributed by atoms with E-state index in [-0.39, 0.29) is 37.9 Å². The van der Waals surface area contributed by atoms with Gasteiger partial charge in [-0.3, -0.25) is 9.59 Å². The van der Waals surface area contributed by atoms with Crippen molar-refractivity contribution in [3.05, 3.63) is 29.8 Å². The quantitative estimate of drug-likeness (QED) is 0.442. The number of ether oxygens (including phenoxy) is 2. The van der Waals surface area contributed by atoms with Crippen LogP contribution in [0.2, 0.25) is 0 Å². The second kappa shape index (κ2) is 11.8. The minimum atomic E-state index is -3.73. The first kappa shape index (κ1) is 26.9. The van der Waals surface area contributed by atoms with Crippen LogP contribution >= 0.6 is 0 Å². The summed E-state index contributed by atoms with van der Waals surface area (Å²) in [7, 11) is -0.962. The number of piperidine rings is 1. The number of methoxy groups -OCH3 is 2. The van der Waals surface area contributed by atoms with Crippen molar-refractivity contribution in [2.45, 2.75) is 31.3 Å². The van der Waals surface area contributed by atoms with Crippen molar-refractivity contribution in [1.82, 2.24) is 19.8 Å². The Kier molecular flexibility index (Phi) is 9.09. The number of esters is 1. The average molecular weight is 511 g/mol. The molecule has 2 heterocycles. The van der Waals surface area contributed by atoms with E-state index in [0.29, 0.717) is 18.6 Å². The highest BCUT2D eigenvalue weighted by atomic mass is 32.2. The molecule has 11 nitrogen and oxygen atoms in total. The largest absolute Gasteiger partial charge is 0.497 e. The molecule has 3 rings (SSSR count). The maximum absolute atomic E-state index is 13.3. The SMILES string of the molecule is COC(=O)[C@H](Cc1ccc(OC)cc1)NC(=O)[C@@H]1CN(C(=O)C2CCNCC2)CCN1S(C)(=O)=O. The summed E-state index contributed by atoms with van der Waals surface area (Å²) in [5, 5.41) is 5.87. The molecule has 2 fully saturated rings. The lowest BCUT2D eigenvalue weighted by atomic mass is 9.96. The molecule has 1 aromatic carbocycles. The van der Waals surface area contributed by atoms with Gasteiger partial charge >= 0.3 is 5.97 Å². The molecular formula is C23H34N4O7S. The first-order chi connectivity index (χ1) is 16.6. The standard InChI is InChI=1S/C23H34N4O7S/c1-33-18-6-4-16(5-7-18)14-19(23(30)34-2)25-21(28)20-15-26(12-13-27(20)35(3,31)32)22(29)17-8-10-24-11-9-17/h4-7,17,19-20,24H,8-15H2,1-3H3,(H,25,28)/t19-,20-/m0/s1. The van der Waals surface area contributed by atoms with Crippen LogP contribution in [-0.4, -0.2) is 101 Å². The molecule has 0 aliphatic carbocycles. The third-order valence-corrected chi connectivity index (χ3v) is 7.75. The Hall–Kier alpha value is -2.70. The lowest BCUT2D eigenvalue weighted by Crippen LogP contribution is -2.63. The van der Waals surface area contributed by atoms with Gasteiger partial charge in [0, 0.05) is 32.0 Å². The van der Waals surface area contributed by atoms with Crippen LogP contribution in [0.3, 0.4) is 0 Å². The third-order valence-electron chi connectivity index (χ3n) is 6.46. The van der Waals surface area contributed by atoms with E-state index in [0.717, 1.165) is 29.2 Å². The molecule has 0 spiro atoms. The van der Waals surface area contributed by atoms with Crippen LogP contribution in [0.15, 0.2) is 24.3 Å². The zero-order valence-electron chi connectivity index (χ0n) is 20.4. The third kappa shape index (κ3) is 6.92. The number of benzene rings is 1. The summed E-state index contributed by atoms with van der Waals surface area (Å²) in [5.74, 6) is -0.875. The zero-order chi connectivity index (χ0) is 25.6. The maximum atomic E-state index is 13.3. The number of carbonyl (C=O) groups is 3. The maximum Gasteiger partial charge on any atom is 0.328 e. The number of hydrogen-bond acceptors (Lipinski definition) is 8. The van der Waals surface area contributed by atoms with Gasteiger partial charge in [-0.1, -0.05) is 12.1 Å². The van der Waals surface area contributed by atoms with E-state index in [4.69, 9.17) is 9.47 Å². The Morgan fingerprint density at radius 1 is 1.11 bits per heavy atom. The topological polar surface area (TPSA) is 134 Å². The van der Waals surface area contributed by atoms with Crippen molar-refractivity contribution in [3.8, 4) is 5.75 Å². The van der Waals surface area contributed by atoms with Crippen LogP contribution in [0, 0.1) is 5.92 Å². The van der Waals surface area contributed by atoms with Crippen molar-refractivity contribution in [2.75, 3.05) is 53.2 Å². The lowest BCUT2D eigenvalue weighted by Gasteiger charge is -2.41. The fraction of sp³-hybridized carbons (Fsp3) is 0.609. The highest BCUT2D eigenvalue weighted by molar-refractivity contribution is 7.88. The number of rotatable bonds is 8. The van der Waals surface area contributed by atoms with Crippen LogP contribution in [-0.2, 0) is 35.6 Å². The molecule has 2 amide bonds. The van der Waals surface area contributed by atoms with Crippen molar-refractivity contribution in [3.63, 3.8) is 0 Å². The number of hydrogen-bond donors (Lipinski definition) is 2. The first-order valence-corrected chi connectivity index (χ1v) is 13.5. The molecular weight excluding hydrogens is 476 g/mol. The highest BCUT2D eigenvalue weighted by Gasteiger charge is 2.41. The van der Waals surface area contributed by atoms with Gasteiger partial charge in [0.1, 0.15) is 17.8 Å². The average Bonchev–Trinajstić information content (AvgIpc) is 2.87. The molecule has 2 aliphatic heterocycles. The molecule has 0 aromatic heterocycles. The summed E-state index contributed by atoms with van der Waals surface area (Å²) in [6, 6.07) is 4.84. The fourth-order valence-electron chi connectivity index (χ4n) is 4.50. The number of nitrogens with one attached hydrogen (secondary N) is 2. The molecule has 0 unspecified atom stereocenters. The van der Waals surface area contributed by atoms with Gasteiger partial charge < -0.3 is 25.0 Å². The zero-order valence-corrected chi connectivity index (χ0v) is 21.2. The van der Waals surface area contributed by atoms with Gasteiger partial charge in [0.2, 0.25) is 21.8 Å². The van der Waals surface area contributed by atoms with Gasteiger partial charge in [-0.2, -0.15) is 4.31 Å². The number of nitrogens with zero attached hydrogens (tertiary/aromatic N) is 2. The minimum absolute atomic E-state index is 0.00893. The van der Waals surface area contributed by atoms with E-state index < -0.39 is 34.0 Å². The Bertz CT molecular complexity index is 1010. The summed E-state index contributed by atoms with van der Waals surface area (Å²) < 4.78 is 36.0. The van der Waals surface area contributed by atoms with Crippen LogP contribution < -0.4 is 15.4 Å². The van der Waals surface area contributed by atoms with E-state index in [9.17, 15) is 22.8 Å². The van der Waals surface area contributed by atoms with E-state index in [1.807, 2.05) is 0 Å². The molecule has 12 heteroatoms. The van der Waals surface area contributed by atoms with E-state index in [1.54, 1.807) is 36.3 Å². The van der Waals surface area contributed by atoms with E-state index >= 15 is 0 Å². The number of sulfonamides is 1. The molecule has 35 heavy (non-hydrogen) atoms. The van der Waals surface area contributed by atoms with Gasteiger partial charge in [0.15, 0.2) is 0 Å². The summed E-state index contributed by atoms with van der Waals surface area (Å²) in [6.45, 7) is 1.64. The first-order valence-electron chi connectivity index (χ1n) is 11.6. The van der Waals surface area contributed by atoms with E-state index in [2.05, 4.69) is 10.6 Å². The van der Waals surface area contributed by atoms with Crippen LogP contribution in [0.4, 0.5) is 0 Å². The predicted molar refractivity (Wildman–Crippen MR) is 128 cm³/mol. The lowest BCUT2D eigenvalue weighted by molar-refractivity contribution is -0.147. The van der Waals surface area contributed by atoms with Crippen LogP contribution in [0.5, 0.6) is 5.75 Å². The molecule has 2 aliphatic rings.